The zero-order valence-electron chi connectivity index (χ0n) is 18.0. The number of hydrogen-bond acceptors (Lipinski definition) is 5. The van der Waals surface area contributed by atoms with Crippen LogP contribution in [0.15, 0.2) is 42.6 Å². The minimum absolute atomic E-state index is 0.197. The molecule has 1 amide bonds. The van der Waals surface area contributed by atoms with E-state index in [0.717, 1.165) is 16.8 Å². The molecule has 9 heteroatoms. The van der Waals surface area contributed by atoms with Crippen molar-refractivity contribution >= 4 is 23.2 Å². The Morgan fingerprint density at radius 3 is 2.82 bits per heavy atom. The quantitative estimate of drug-likeness (QED) is 0.472. The van der Waals surface area contributed by atoms with E-state index in [0.29, 0.717) is 45.5 Å². The molecule has 3 heterocycles. The summed E-state index contributed by atoms with van der Waals surface area (Å²) in [5, 5.41) is 7.62. The predicted molar refractivity (Wildman–Crippen MR) is 120 cm³/mol. The number of rotatable bonds is 5. The lowest BCUT2D eigenvalue weighted by atomic mass is 10.0. The van der Waals surface area contributed by atoms with E-state index in [-0.39, 0.29) is 24.9 Å². The van der Waals surface area contributed by atoms with Gasteiger partial charge in [-0.25, -0.2) is 13.9 Å². The molecule has 0 aliphatic carbocycles. The number of nitrogens with zero attached hydrogens (tertiary/aromatic N) is 3. The summed E-state index contributed by atoms with van der Waals surface area (Å²) in [6, 6.07) is 10.1. The molecule has 0 saturated carbocycles. The Labute approximate surface area is 194 Å². The topological polar surface area (TPSA) is 77.8 Å². The lowest BCUT2D eigenvalue weighted by Gasteiger charge is -2.13. The number of aromatic nitrogens is 3. The molecule has 2 aromatic heterocycles. The maximum absolute atomic E-state index is 14.3. The van der Waals surface area contributed by atoms with Crippen LogP contribution in [-0.2, 0) is 13.0 Å². The smallest absolute Gasteiger partial charge is 0.257 e. The molecule has 1 N–H and O–H groups in total. The first kappa shape index (κ1) is 21.2. The number of fused-ring (bicyclic) bond motifs is 2. The molecule has 5 rings (SSSR count). The first-order valence-electron chi connectivity index (χ1n) is 10.4. The summed E-state index contributed by atoms with van der Waals surface area (Å²) < 4.78 is 26.6. The average molecular weight is 467 g/mol. The SMILES string of the molecule is Cc1nc2c(C(=O)NCc3ccc4c(c3)OCO4)cnn2c(C)c1Cc1c(F)cccc1Cl. The van der Waals surface area contributed by atoms with Crippen molar-refractivity contribution < 1.29 is 18.7 Å². The highest BCUT2D eigenvalue weighted by molar-refractivity contribution is 6.31. The van der Waals surface area contributed by atoms with Crippen molar-refractivity contribution in [1.29, 1.82) is 0 Å². The van der Waals surface area contributed by atoms with E-state index in [2.05, 4.69) is 15.4 Å². The van der Waals surface area contributed by atoms with E-state index in [1.165, 1.54) is 12.3 Å². The minimum Gasteiger partial charge on any atom is -0.454 e. The van der Waals surface area contributed by atoms with Crippen LogP contribution >= 0.6 is 11.6 Å². The van der Waals surface area contributed by atoms with Gasteiger partial charge in [0.05, 0.1) is 6.20 Å². The Hall–Kier alpha value is -3.65. The number of nitrogens with one attached hydrogen (secondary N) is 1. The molecule has 0 fully saturated rings. The molecule has 0 bridgehead atoms. The fourth-order valence-electron chi connectivity index (χ4n) is 3.93. The molecule has 0 unspecified atom stereocenters. The number of ether oxygens (including phenoxy) is 2. The van der Waals surface area contributed by atoms with Crippen LogP contribution in [-0.4, -0.2) is 27.3 Å². The zero-order chi connectivity index (χ0) is 23.1. The van der Waals surface area contributed by atoms with Gasteiger partial charge in [-0.05, 0) is 49.2 Å². The summed E-state index contributed by atoms with van der Waals surface area (Å²) in [6.45, 7) is 4.21. The Balaban J connectivity index is 1.40. The molecular formula is C24H20ClFN4O3. The lowest BCUT2D eigenvalue weighted by Crippen LogP contribution is -2.23. The Kier molecular flexibility index (Phi) is 5.38. The highest BCUT2D eigenvalue weighted by Crippen LogP contribution is 2.32. The van der Waals surface area contributed by atoms with Gasteiger partial charge in [0.25, 0.3) is 5.91 Å². The summed E-state index contributed by atoms with van der Waals surface area (Å²) in [7, 11) is 0. The van der Waals surface area contributed by atoms with Gasteiger partial charge >= 0.3 is 0 Å². The normalized spacial score (nSPS) is 12.4. The van der Waals surface area contributed by atoms with E-state index in [1.807, 2.05) is 32.0 Å². The molecule has 1 aliphatic rings. The van der Waals surface area contributed by atoms with Crippen molar-refractivity contribution in [2.75, 3.05) is 6.79 Å². The standard InChI is InChI=1S/C24H20ClFN4O3/c1-13-16(9-17-19(25)4-3-5-20(17)26)14(2)30-23(29-13)18(11-28-30)24(31)27-10-15-6-7-21-22(8-15)33-12-32-21/h3-8,11H,9-10,12H2,1-2H3,(H,27,31). The van der Waals surface area contributed by atoms with Crippen molar-refractivity contribution in [2.24, 2.45) is 0 Å². The van der Waals surface area contributed by atoms with Crippen molar-refractivity contribution in [2.45, 2.75) is 26.8 Å². The van der Waals surface area contributed by atoms with Gasteiger partial charge < -0.3 is 14.8 Å². The summed E-state index contributed by atoms with van der Waals surface area (Å²) in [4.78, 5) is 17.5. The van der Waals surface area contributed by atoms with Crippen molar-refractivity contribution in [3.63, 3.8) is 0 Å². The molecule has 7 nitrogen and oxygen atoms in total. The molecular weight excluding hydrogens is 447 g/mol. The third-order valence-corrected chi connectivity index (χ3v) is 6.11. The van der Waals surface area contributed by atoms with Crippen molar-refractivity contribution in [1.82, 2.24) is 19.9 Å². The molecule has 2 aromatic carbocycles. The Bertz CT molecular complexity index is 1380. The minimum atomic E-state index is -0.370. The number of amides is 1. The van der Waals surface area contributed by atoms with Crippen LogP contribution in [0.25, 0.3) is 5.65 Å². The molecule has 33 heavy (non-hydrogen) atoms. The average Bonchev–Trinajstić information content (AvgIpc) is 3.43. The highest BCUT2D eigenvalue weighted by Gasteiger charge is 2.20. The Morgan fingerprint density at radius 1 is 1.18 bits per heavy atom. The van der Waals surface area contributed by atoms with Gasteiger partial charge in [-0.1, -0.05) is 23.7 Å². The maximum atomic E-state index is 14.3. The van der Waals surface area contributed by atoms with Crippen molar-refractivity contribution in [3.8, 4) is 11.5 Å². The van der Waals surface area contributed by atoms with Crippen LogP contribution in [0.5, 0.6) is 11.5 Å². The monoisotopic (exact) mass is 466 g/mol. The summed E-state index contributed by atoms with van der Waals surface area (Å²) in [5.74, 6) is 0.688. The molecule has 0 atom stereocenters. The zero-order valence-corrected chi connectivity index (χ0v) is 18.7. The highest BCUT2D eigenvalue weighted by atomic mass is 35.5. The van der Waals surface area contributed by atoms with E-state index >= 15 is 0 Å². The molecule has 168 valence electrons. The number of halogens is 2. The van der Waals surface area contributed by atoms with E-state index in [1.54, 1.807) is 16.6 Å². The molecule has 0 saturated heterocycles. The summed E-state index contributed by atoms with van der Waals surface area (Å²) in [5.41, 5.74) is 4.35. The van der Waals surface area contributed by atoms with Crippen LogP contribution in [0, 0.1) is 19.7 Å². The van der Waals surface area contributed by atoms with Gasteiger partial charge in [0.2, 0.25) is 6.79 Å². The molecule has 0 radical (unpaired) electrons. The van der Waals surface area contributed by atoms with E-state index < -0.39 is 0 Å². The fourth-order valence-corrected chi connectivity index (χ4v) is 4.16. The number of hydrogen-bond donors (Lipinski definition) is 1. The first-order valence-corrected chi connectivity index (χ1v) is 10.7. The van der Waals surface area contributed by atoms with Crippen LogP contribution in [0.3, 0.4) is 0 Å². The second kappa shape index (κ2) is 8.37. The van der Waals surface area contributed by atoms with E-state index in [4.69, 9.17) is 21.1 Å². The van der Waals surface area contributed by atoms with Crippen LogP contribution in [0.1, 0.15) is 38.4 Å². The largest absolute Gasteiger partial charge is 0.454 e. The van der Waals surface area contributed by atoms with Crippen LogP contribution in [0.4, 0.5) is 4.39 Å². The van der Waals surface area contributed by atoms with E-state index in [9.17, 15) is 9.18 Å². The molecule has 0 spiro atoms. The van der Waals surface area contributed by atoms with Crippen LogP contribution < -0.4 is 14.8 Å². The predicted octanol–water partition coefficient (Wildman–Crippen LogP) is 4.39. The number of aryl methyl sites for hydroxylation is 2. The second-order valence-electron chi connectivity index (χ2n) is 7.80. The number of carbonyl (C=O) groups excluding carboxylic acids is 1. The van der Waals surface area contributed by atoms with Gasteiger partial charge in [0, 0.05) is 34.9 Å². The van der Waals surface area contributed by atoms with Crippen molar-refractivity contribution in [3.05, 3.63) is 87.1 Å². The van der Waals surface area contributed by atoms with Gasteiger partial charge in [-0.3, -0.25) is 4.79 Å². The first-order chi connectivity index (χ1) is 15.9. The van der Waals surface area contributed by atoms with Gasteiger partial charge in [-0.15, -0.1) is 0 Å². The fraction of sp³-hybridized carbons (Fsp3) is 0.208. The van der Waals surface area contributed by atoms with Gasteiger partial charge in [-0.2, -0.15) is 5.10 Å². The Morgan fingerprint density at radius 2 is 2.00 bits per heavy atom. The third-order valence-electron chi connectivity index (χ3n) is 5.76. The maximum Gasteiger partial charge on any atom is 0.257 e. The van der Waals surface area contributed by atoms with Gasteiger partial charge in [0.1, 0.15) is 11.4 Å². The van der Waals surface area contributed by atoms with Gasteiger partial charge in [0.15, 0.2) is 17.1 Å². The van der Waals surface area contributed by atoms with Crippen LogP contribution in [0.2, 0.25) is 5.02 Å². The number of carbonyl (C=O) groups is 1. The molecule has 1 aliphatic heterocycles. The second-order valence-corrected chi connectivity index (χ2v) is 8.21. The number of benzene rings is 2. The molecule has 4 aromatic rings. The summed E-state index contributed by atoms with van der Waals surface area (Å²) >= 11 is 6.21. The lowest BCUT2D eigenvalue weighted by molar-refractivity contribution is 0.0952. The third kappa shape index (κ3) is 3.87. The summed E-state index contributed by atoms with van der Waals surface area (Å²) in [6.07, 6.45) is 1.77.